The zero-order chi connectivity index (χ0) is 13.4. The minimum Gasteiger partial charge on any atom is -0.481 e. The Balaban J connectivity index is 2.36. The van der Waals surface area contributed by atoms with Gasteiger partial charge >= 0.3 is 5.97 Å². The standard InChI is InChI=1S/C15H29NO2/c1-3-4-5-6-9-13(2)16-11-8-7-10-14(16)12-15(17)18/h13-14H,3-12H2,1-2H3,(H,17,18). The lowest BCUT2D eigenvalue weighted by Crippen LogP contribution is -2.46. The number of carboxylic acids is 1. The van der Waals surface area contributed by atoms with Crippen molar-refractivity contribution in [3.63, 3.8) is 0 Å². The van der Waals surface area contributed by atoms with Gasteiger partial charge in [-0.25, -0.2) is 0 Å². The smallest absolute Gasteiger partial charge is 0.304 e. The molecule has 0 bridgehead atoms. The zero-order valence-corrected chi connectivity index (χ0v) is 12.0. The highest BCUT2D eigenvalue weighted by Gasteiger charge is 2.27. The summed E-state index contributed by atoms with van der Waals surface area (Å²) in [5, 5.41) is 8.98. The topological polar surface area (TPSA) is 40.5 Å². The second kappa shape index (κ2) is 8.52. The summed E-state index contributed by atoms with van der Waals surface area (Å²) >= 11 is 0. The van der Waals surface area contributed by atoms with Gasteiger partial charge in [-0.15, -0.1) is 0 Å². The molecule has 1 N–H and O–H groups in total. The normalized spacial score (nSPS) is 22.9. The number of piperidine rings is 1. The van der Waals surface area contributed by atoms with Gasteiger partial charge in [0.2, 0.25) is 0 Å². The summed E-state index contributed by atoms with van der Waals surface area (Å²) in [4.78, 5) is 13.4. The van der Waals surface area contributed by atoms with Crippen LogP contribution in [-0.2, 0) is 4.79 Å². The number of aliphatic carboxylic acids is 1. The van der Waals surface area contributed by atoms with Crippen LogP contribution in [0.2, 0.25) is 0 Å². The average Bonchev–Trinajstić information content (AvgIpc) is 2.34. The third-order valence-electron chi connectivity index (χ3n) is 4.12. The molecule has 1 saturated heterocycles. The Morgan fingerprint density at radius 2 is 2.11 bits per heavy atom. The summed E-state index contributed by atoms with van der Waals surface area (Å²) in [6, 6.07) is 0.823. The van der Waals surface area contributed by atoms with E-state index in [1.54, 1.807) is 0 Å². The van der Waals surface area contributed by atoms with Crippen molar-refractivity contribution in [2.45, 2.75) is 83.7 Å². The second-order valence-electron chi connectivity index (χ2n) is 5.68. The quantitative estimate of drug-likeness (QED) is 0.673. The first-order valence-electron chi connectivity index (χ1n) is 7.62. The third kappa shape index (κ3) is 5.38. The molecule has 1 aliphatic rings. The van der Waals surface area contributed by atoms with E-state index in [1.165, 1.54) is 44.9 Å². The minimum absolute atomic E-state index is 0.275. The van der Waals surface area contributed by atoms with Gasteiger partial charge in [-0.2, -0.15) is 0 Å². The van der Waals surface area contributed by atoms with Crippen molar-refractivity contribution < 1.29 is 9.90 Å². The molecule has 0 aromatic heterocycles. The fourth-order valence-electron chi connectivity index (χ4n) is 3.06. The first-order chi connectivity index (χ1) is 8.65. The van der Waals surface area contributed by atoms with Gasteiger partial charge in [-0.3, -0.25) is 9.69 Å². The van der Waals surface area contributed by atoms with Gasteiger partial charge in [-0.1, -0.05) is 39.0 Å². The molecule has 18 heavy (non-hydrogen) atoms. The van der Waals surface area contributed by atoms with Crippen LogP contribution in [0.1, 0.15) is 71.6 Å². The van der Waals surface area contributed by atoms with Crippen LogP contribution in [-0.4, -0.2) is 34.6 Å². The van der Waals surface area contributed by atoms with Gasteiger partial charge in [-0.05, 0) is 32.7 Å². The number of unbranched alkanes of at least 4 members (excludes halogenated alkanes) is 3. The highest BCUT2D eigenvalue weighted by atomic mass is 16.4. The van der Waals surface area contributed by atoms with Crippen LogP contribution in [0.25, 0.3) is 0 Å². The maximum atomic E-state index is 10.9. The largest absolute Gasteiger partial charge is 0.481 e. The van der Waals surface area contributed by atoms with Gasteiger partial charge < -0.3 is 5.11 Å². The van der Waals surface area contributed by atoms with E-state index in [1.807, 2.05) is 0 Å². The number of hydrogen-bond donors (Lipinski definition) is 1. The molecular weight excluding hydrogens is 226 g/mol. The molecular formula is C15H29NO2. The van der Waals surface area contributed by atoms with Gasteiger partial charge in [0.25, 0.3) is 0 Å². The van der Waals surface area contributed by atoms with Crippen molar-refractivity contribution in [3.8, 4) is 0 Å². The van der Waals surface area contributed by atoms with Crippen molar-refractivity contribution in [3.05, 3.63) is 0 Å². The lowest BCUT2D eigenvalue weighted by Gasteiger charge is -2.39. The van der Waals surface area contributed by atoms with Crippen LogP contribution < -0.4 is 0 Å². The van der Waals surface area contributed by atoms with Crippen molar-refractivity contribution in [2.24, 2.45) is 0 Å². The second-order valence-corrected chi connectivity index (χ2v) is 5.68. The molecule has 1 fully saturated rings. The number of hydrogen-bond acceptors (Lipinski definition) is 2. The van der Waals surface area contributed by atoms with Crippen LogP contribution in [0.3, 0.4) is 0 Å². The van der Waals surface area contributed by atoms with Gasteiger partial charge in [0, 0.05) is 12.1 Å². The van der Waals surface area contributed by atoms with E-state index < -0.39 is 5.97 Å². The molecule has 1 heterocycles. The maximum Gasteiger partial charge on any atom is 0.304 e. The molecule has 0 aliphatic carbocycles. The number of carbonyl (C=O) groups is 1. The van der Waals surface area contributed by atoms with E-state index in [0.717, 1.165) is 13.0 Å². The van der Waals surface area contributed by atoms with E-state index >= 15 is 0 Å². The molecule has 0 amide bonds. The summed E-state index contributed by atoms with van der Waals surface area (Å²) in [6.45, 7) is 5.59. The lowest BCUT2D eigenvalue weighted by molar-refractivity contribution is -0.139. The van der Waals surface area contributed by atoms with Crippen LogP contribution >= 0.6 is 0 Å². The predicted octanol–water partition coefficient (Wildman–Crippen LogP) is 3.67. The Bertz CT molecular complexity index is 243. The maximum absolute atomic E-state index is 10.9. The first kappa shape index (κ1) is 15.5. The molecule has 0 radical (unpaired) electrons. The highest BCUT2D eigenvalue weighted by Crippen LogP contribution is 2.24. The zero-order valence-electron chi connectivity index (χ0n) is 12.0. The summed E-state index contributed by atoms with van der Waals surface area (Å²) in [7, 11) is 0. The fourth-order valence-corrected chi connectivity index (χ4v) is 3.06. The van der Waals surface area contributed by atoms with Gasteiger partial charge in [0.15, 0.2) is 0 Å². The molecule has 1 aliphatic heterocycles. The molecule has 3 heteroatoms. The van der Waals surface area contributed by atoms with E-state index in [2.05, 4.69) is 18.7 Å². The predicted molar refractivity (Wildman–Crippen MR) is 74.8 cm³/mol. The monoisotopic (exact) mass is 255 g/mol. The Morgan fingerprint density at radius 1 is 1.33 bits per heavy atom. The lowest BCUT2D eigenvalue weighted by atomic mass is 9.96. The molecule has 3 nitrogen and oxygen atoms in total. The van der Waals surface area contributed by atoms with E-state index in [0.29, 0.717) is 12.5 Å². The summed E-state index contributed by atoms with van der Waals surface area (Å²) in [5.74, 6) is -0.648. The minimum atomic E-state index is -0.648. The molecule has 0 spiro atoms. The van der Waals surface area contributed by atoms with Gasteiger partial charge in [0.1, 0.15) is 0 Å². The van der Waals surface area contributed by atoms with E-state index in [9.17, 15) is 4.79 Å². The molecule has 2 unspecified atom stereocenters. The van der Waals surface area contributed by atoms with Crippen LogP contribution in [0.15, 0.2) is 0 Å². The number of rotatable bonds is 8. The summed E-state index contributed by atoms with van der Waals surface area (Å²) in [6.07, 6.45) is 10.2. The Kier molecular flexibility index (Phi) is 7.33. The summed E-state index contributed by atoms with van der Waals surface area (Å²) < 4.78 is 0. The van der Waals surface area contributed by atoms with Crippen molar-refractivity contribution >= 4 is 5.97 Å². The molecule has 0 aromatic carbocycles. The molecule has 2 atom stereocenters. The number of nitrogens with zero attached hydrogens (tertiary/aromatic N) is 1. The van der Waals surface area contributed by atoms with E-state index in [4.69, 9.17) is 5.11 Å². The van der Waals surface area contributed by atoms with E-state index in [-0.39, 0.29) is 6.04 Å². The highest BCUT2D eigenvalue weighted by molar-refractivity contribution is 5.67. The van der Waals surface area contributed by atoms with Crippen LogP contribution in [0.4, 0.5) is 0 Å². The van der Waals surface area contributed by atoms with Crippen LogP contribution in [0, 0.1) is 0 Å². The first-order valence-corrected chi connectivity index (χ1v) is 7.62. The third-order valence-corrected chi connectivity index (χ3v) is 4.12. The van der Waals surface area contributed by atoms with Crippen molar-refractivity contribution in [1.82, 2.24) is 4.90 Å². The van der Waals surface area contributed by atoms with Crippen molar-refractivity contribution in [2.75, 3.05) is 6.54 Å². The summed E-state index contributed by atoms with van der Waals surface area (Å²) in [5.41, 5.74) is 0. The molecule has 0 aromatic rings. The Labute approximate surface area is 112 Å². The van der Waals surface area contributed by atoms with Crippen molar-refractivity contribution in [1.29, 1.82) is 0 Å². The Morgan fingerprint density at radius 3 is 2.78 bits per heavy atom. The molecule has 1 rings (SSSR count). The molecule has 106 valence electrons. The molecule has 0 saturated carbocycles. The SMILES string of the molecule is CCCCCCC(C)N1CCCCC1CC(=O)O. The number of carboxylic acid groups (broad SMARTS) is 1. The Hall–Kier alpha value is -0.570. The van der Waals surface area contributed by atoms with Crippen LogP contribution in [0.5, 0.6) is 0 Å². The van der Waals surface area contributed by atoms with Gasteiger partial charge in [0.05, 0.1) is 6.42 Å². The fraction of sp³-hybridized carbons (Fsp3) is 0.933. The number of likely N-dealkylation sites (tertiary alicyclic amines) is 1. The average molecular weight is 255 g/mol.